The molecule has 1 aliphatic carbocycles. The number of fused-ring (bicyclic) bond motifs is 1. The van der Waals surface area contributed by atoms with Crippen molar-refractivity contribution in [2.45, 2.75) is 26.7 Å². The van der Waals surface area contributed by atoms with E-state index in [1.807, 2.05) is 38.1 Å². The van der Waals surface area contributed by atoms with Crippen LogP contribution in [-0.4, -0.2) is 27.1 Å². The van der Waals surface area contributed by atoms with Crippen LogP contribution in [0.4, 0.5) is 5.82 Å². The number of hydrogen-bond donors (Lipinski definition) is 1. The first-order valence-electron chi connectivity index (χ1n) is 7.27. The smallest absolute Gasteiger partial charge is 0.224 e. The zero-order valence-corrected chi connectivity index (χ0v) is 13.6. The van der Waals surface area contributed by atoms with Crippen LogP contribution < -0.4 is 0 Å². The van der Waals surface area contributed by atoms with Gasteiger partial charge in [0, 0.05) is 24.4 Å². The van der Waals surface area contributed by atoms with Gasteiger partial charge in [-0.25, -0.2) is 9.98 Å². The largest absolute Gasteiger partial charge is 0.511 e. The van der Waals surface area contributed by atoms with Crippen LogP contribution >= 0.6 is 11.6 Å². The molecular formula is C17H16ClN3O2. The first-order valence-corrected chi connectivity index (χ1v) is 7.65. The summed E-state index contributed by atoms with van der Waals surface area (Å²) in [5.74, 6) is 0.324. The van der Waals surface area contributed by atoms with Crippen molar-refractivity contribution in [1.82, 2.24) is 9.97 Å². The Bertz CT molecular complexity index is 856. The number of aliphatic hydroxyl groups excluding tert-OH is 1. The van der Waals surface area contributed by atoms with Gasteiger partial charge in [0.15, 0.2) is 11.6 Å². The van der Waals surface area contributed by atoms with E-state index in [0.717, 1.165) is 5.39 Å². The average molecular weight is 330 g/mol. The molecule has 0 aliphatic heterocycles. The van der Waals surface area contributed by atoms with Crippen molar-refractivity contribution < 1.29 is 9.90 Å². The summed E-state index contributed by atoms with van der Waals surface area (Å²) < 4.78 is 0. The molecule has 0 saturated heterocycles. The second-order valence-electron chi connectivity index (χ2n) is 6.39. The fourth-order valence-corrected chi connectivity index (χ4v) is 2.88. The molecule has 3 rings (SSSR count). The molecule has 0 spiro atoms. The normalized spacial score (nSPS) is 18.1. The predicted molar refractivity (Wildman–Crippen MR) is 90.4 cm³/mol. The number of aliphatic imine (C=N–C) groups is 1. The second-order valence-corrected chi connectivity index (χ2v) is 6.73. The molecule has 1 heterocycles. The minimum atomic E-state index is -0.233. The van der Waals surface area contributed by atoms with E-state index >= 15 is 0 Å². The molecule has 118 valence electrons. The third kappa shape index (κ3) is 3.24. The number of carbonyl (C=O) groups is 1. The Morgan fingerprint density at radius 2 is 2.00 bits per heavy atom. The van der Waals surface area contributed by atoms with Crippen LogP contribution in [0, 0.1) is 5.41 Å². The van der Waals surface area contributed by atoms with E-state index in [1.54, 1.807) is 0 Å². The van der Waals surface area contributed by atoms with E-state index in [0.29, 0.717) is 24.2 Å². The minimum absolute atomic E-state index is 0.0689. The number of nitrogens with zero attached hydrogens (tertiary/aromatic N) is 3. The molecule has 1 aromatic heterocycles. The number of hydrogen-bond acceptors (Lipinski definition) is 5. The van der Waals surface area contributed by atoms with Crippen molar-refractivity contribution in [3.63, 3.8) is 0 Å². The zero-order chi connectivity index (χ0) is 16.6. The molecule has 0 amide bonds. The van der Waals surface area contributed by atoms with E-state index in [-0.39, 0.29) is 27.8 Å². The summed E-state index contributed by atoms with van der Waals surface area (Å²) in [5, 5.41) is 11.0. The number of para-hydroxylation sites is 1. The Hall–Kier alpha value is -2.27. The first kappa shape index (κ1) is 15.6. The zero-order valence-electron chi connectivity index (χ0n) is 12.9. The number of aliphatic hydroxyl groups is 1. The van der Waals surface area contributed by atoms with Gasteiger partial charge in [0.2, 0.25) is 5.28 Å². The SMILES string of the molecule is CC1(C)CC(=O)C(C=Nc2nc(Cl)nc3ccccc23)=C(O)C1. The Labute approximate surface area is 138 Å². The van der Waals surface area contributed by atoms with Gasteiger partial charge < -0.3 is 5.11 Å². The highest BCUT2D eigenvalue weighted by molar-refractivity contribution is 6.28. The molecule has 0 fully saturated rings. The Balaban J connectivity index is 2.02. The van der Waals surface area contributed by atoms with Gasteiger partial charge in [0.05, 0.1) is 11.1 Å². The van der Waals surface area contributed by atoms with Gasteiger partial charge in [-0.15, -0.1) is 0 Å². The fourth-order valence-electron chi connectivity index (χ4n) is 2.70. The van der Waals surface area contributed by atoms with Crippen molar-refractivity contribution in [3.8, 4) is 0 Å². The Morgan fingerprint density at radius 3 is 2.74 bits per heavy atom. The monoisotopic (exact) mass is 329 g/mol. The predicted octanol–water partition coefficient (Wildman–Crippen LogP) is 4.19. The number of carbonyl (C=O) groups excluding carboxylic acids is 1. The van der Waals surface area contributed by atoms with E-state index < -0.39 is 0 Å². The van der Waals surface area contributed by atoms with Gasteiger partial charge in [-0.3, -0.25) is 4.79 Å². The Morgan fingerprint density at radius 1 is 1.26 bits per heavy atom. The summed E-state index contributed by atoms with van der Waals surface area (Å²) in [6.07, 6.45) is 2.20. The highest BCUT2D eigenvalue weighted by Crippen LogP contribution is 2.35. The van der Waals surface area contributed by atoms with Crippen LogP contribution in [0.3, 0.4) is 0 Å². The number of rotatable bonds is 2. The molecule has 1 aromatic carbocycles. The number of benzene rings is 1. The van der Waals surface area contributed by atoms with Gasteiger partial charge in [-0.05, 0) is 29.1 Å². The average Bonchev–Trinajstić information content (AvgIpc) is 2.44. The molecule has 5 nitrogen and oxygen atoms in total. The number of Topliss-reactive ketones (excluding diaryl/α,β-unsaturated/α-hetero) is 1. The molecule has 0 unspecified atom stereocenters. The maximum atomic E-state index is 12.2. The molecule has 6 heteroatoms. The van der Waals surface area contributed by atoms with E-state index in [2.05, 4.69) is 15.0 Å². The summed E-state index contributed by atoms with van der Waals surface area (Å²) in [6.45, 7) is 3.90. The molecule has 0 bridgehead atoms. The maximum absolute atomic E-state index is 12.2. The van der Waals surface area contributed by atoms with E-state index in [1.165, 1.54) is 6.21 Å². The summed E-state index contributed by atoms with van der Waals surface area (Å²) in [6, 6.07) is 7.34. The van der Waals surface area contributed by atoms with Crippen LogP contribution in [0.15, 0.2) is 40.6 Å². The lowest BCUT2D eigenvalue weighted by molar-refractivity contribution is -0.117. The topological polar surface area (TPSA) is 75.4 Å². The van der Waals surface area contributed by atoms with Gasteiger partial charge in [-0.1, -0.05) is 26.0 Å². The number of ketones is 1. The van der Waals surface area contributed by atoms with Gasteiger partial charge in [-0.2, -0.15) is 4.98 Å². The molecule has 0 radical (unpaired) electrons. The molecule has 1 N–H and O–H groups in total. The third-order valence-electron chi connectivity index (χ3n) is 3.77. The third-order valence-corrected chi connectivity index (χ3v) is 3.94. The van der Waals surface area contributed by atoms with E-state index in [4.69, 9.17) is 11.6 Å². The standard InChI is InChI=1S/C17H16ClN3O2/c1-17(2)7-13(22)11(14(23)8-17)9-19-15-10-5-3-4-6-12(10)20-16(18)21-15/h3-6,9,22H,7-8H2,1-2H3. The van der Waals surface area contributed by atoms with Gasteiger partial charge in [0.1, 0.15) is 5.76 Å². The first-order chi connectivity index (χ1) is 10.9. The summed E-state index contributed by atoms with van der Waals surface area (Å²) in [4.78, 5) is 24.7. The lowest BCUT2D eigenvalue weighted by Crippen LogP contribution is -2.26. The van der Waals surface area contributed by atoms with Crippen LogP contribution in [0.2, 0.25) is 5.28 Å². The number of allylic oxidation sites excluding steroid dienone is 2. The summed E-state index contributed by atoms with van der Waals surface area (Å²) >= 11 is 5.92. The lowest BCUT2D eigenvalue weighted by atomic mass is 9.77. The number of halogens is 1. The van der Waals surface area contributed by atoms with Crippen molar-refractivity contribution >= 4 is 40.3 Å². The van der Waals surface area contributed by atoms with Gasteiger partial charge >= 0.3 is 0 Å². The van der Waals surface area contributed by atoms with Crippen LogP contribution in [0.5, 0.6) is 0 Å². The van der Waals surface area contributed by atoms with Crippen LogP contribution in [-0.2, 0) is 4.79 Å². The van der Waals surface area contributed by atoms with Crippen molar-refractivity contribution in [1.29, 1.82) is 0 Å². The molecule has 0 atom stereocenters. The second kappa shape index (κ2) is 5.74. The van der Waals surface area contributed by atoms with Crippen LogP contribution in [0.25, 0.3) is 10.9 Å². The van der Waals surface area contributed by atoms with Crippen LogP contribution in [0.1, 0.15) is 26.7 Å². The van der Waals surface area contributed by atoms with Crippen molar-refractivity contribution in [2.75, 3.05) is 0 Å². The summed E-state index contributed by atoms with van der Waals surface area (Å²) in [5.41, 5.74) is 0.681. The maximum Gasteiger partial charge on any atom is 0.224 e. The molecule has 2 aromatic rings. The van der Waals surface area contributed by atoms with Crippen molar-refractivity contribution in [2.24, 2.45) is 10.4 Å². The molecule has 0 saturated carbocycles. The molecule has 23 heavy (non-hydrogen) atoms. The quantitative estimate of drug-likeness (QED) is 0.662. The Kier molecular flexibility index (Phi) is 3.90. The van der Waals surface area contributed by atoms with E-state index in [9.17, 15) is 9.90 Å². The molecule has 1 aliphatic rings. The van der Waals surface area contributed by atoms with Crippen molar-refractivity contribution in [3.05, 3.63) is 40.9 Å². The highest BCUT2D eigenvalue weighted by atomic mass is 35.5. The fraction of sp³-hybridized carbons (Fsp3) is 0.294. The number of aromatic nitrogens is 2. The summed E-state index contributed by atoms with van der Waals surface area (Å²) in [7, 11) is 0. The molecular weight excluding hydrogens is 314 g/mol. The highest BCUT2D eigenvalue weighted by Gasteiger charge is 2.32. The van der Waals surface area contributed by atoms with Gasteiger partial charge in [0.25, 0.3) is 0 Å². The lowest BCUT2D eigenvalue weighted by Gasteiger charge is -2.28. The minimum Gasteiger partial charge on any atom is -0.511 e.